The Morgan fingerprint density at radius 1 is 1.21 bits per heavy atom. The highest BCUT2D eigenvalue weighted by molar-refractivity contribution is 5.49. The Morgan fingerprint density at radius 3 is 2.21 bits per heavy atom. The first-order valence-electron chi connectivity index (χ1n) is 5.07. The summed E-state index contributed by atoms with van der Waals surface area (Å²) in [5, 5.41) is 9.45. The average molecular weight is 202 g/mol. The van der Waals surface area contributed by atoms with Crippen molar-refractivity contribution in [3.8, 4) is 0 Å². The zero-order chi connectivity index (χ0) is 11.2. The van der Waals surface area contributed by atoms with Crippen LogP contribution >= 0.6 is 0 Å². The first-order valence-corrected chi connectivity index (χ1v) is 5.07. The van der Waals surface area contributed by atoms with E-state index in [-0.39, 0.29) is 5.60 Å². The van der Waals surface area contributed by atoms with Gasteiger partial charge in [0.05, 0.1) is 17.8 Å². The van der Waals surface area contributed by atoms with Crippen molar-refractivity contribution in [2.45, 2.75) is 58.2 Å². The number of hydrogen-bond acceptors (Lipinski definition) is 3. The van der Waals surface area contributed by atoms with Crippen molar-refractivity contribution in [3.63, 3.8) is 0 Å². The van der Waals surface area contributed by atoms with E-state index in [1.807, 2.05) is 13.8 Å². The maximum atomic E-state index is 10.2. The number of aldehydes is 1. The van der Waals surface area contributed by atoms with Crippen LogP contribution in [0.25, 0.3) is 0 Å². The monoisotopic (exact) mass is 202 g/mol. The summed E-state index contributed by atoms with van der Waals surface area (Å²) >= 11 is 0. The molecule has 0 heterocycles. The van der Waals surface area contributed by atoms with Gasteiger partial charge in [0.25, 0.3) is 0 Å². The van der Waals surface area contributed by atoms with E-state index in [0.29, 0.717) is 19.4 Å². The van der Waals surface area contributed by atoms with Gasteiger partial charge in [-0.25, -0.2) is 0 Å². The maximum Gasteiger partial charge on any atom is 0.120 e. The molecule has 84 valence electrons. The molecule has 0 bridgehead atoms. The molecule has 3 heteroatoms. The van der Waals surface area contributed by atoms with E-state index in [1.165, 1.54) is 0 Å². The number of rotatable bonds is 7. The lowest BCUT2D eigenvalue weighted by Crippen LogP contribution is -2.28. The van der Waals surface area contributed by atoms with Crippen LogP contribution in [0.3, 0.4) is 0 Å². The zero-order valence-corrected chi connectivity index (χ0v) is 9.67. The summed E-state index contributed by atoms with van der Waals surface area (Å²) in [6.45, 7) is 7.96. The third-order valence-electron chi connectivity index (χ3n) is 2.07. The van der Waals surface area contributed by atoms with Gasteiger partial charge >= 0.3 is 0 Å². The minimum atomic E-state index is -0.680. The van der Waals surface area contributed by atoms with Crippen LogP contribution in [0, 0.1) is 0 Å². The molecule has 0 atom stereocenters. The van der Waals surface area contributed by atoms with Gasteiger partial charge in [0.2, 0.25) is 0 Å². The normalized spacial score (nSPS) is 12.9. The first kappa shape index (κ1) is 13.6. The third kappa shape index (κ3) is 8.20. The smallest absolute Gasteiger partial charge is 0.120 e. The van der Waals surface area contributed by atoms with E-state index in [4.69, 9.17) is 4.74 Å². The van der Waals surface area contributed by atoms with Crippen LogP contribution in [0.1, 0.15) is 47.0 Å². The minimum Gasteiger partial charge on any atom is -0.390 e. The highest BCUT2D eigenvalue weighted by Gasteiger charge is 2.19. The Bertz CT molecular complexity index is 168. The number of hydrogen-bond donors (Lipinski definition) is 1. The standard InChI is InChI=1S/C11H22O3/c1-10(2,13)7-9-14-11(3,4)6-5-8-12/h8,13H,5-7,9H2,1-4H3. The molecule has 0 spiro atoms. The Kier molecular flexibility index (Phi) is 5.31. The van der Waals surface area contributed by atoms with Crippen molar-refractivity contribution in [2.75, 3.05) is 6.61 Å². The highest BCUT2D eigenvalue weighted by Crippen LogP contribution is 2.18. The molecule has 1 N–H and O–H groups in total. The Hall–Kier alpha value is -0.410. The number of carbonyl (C=O) groups excluding carboxylic acids is 1. The van der Waals surface area contributed by atoms with Gasteiger partial charge in [-0.2, -0.15) is 0 Å². The topological polar surface area (TPSA) is 46.5 Å². The van der Waals surface area contributed by atoms with Crippen molar-refractivity contribution in [1.82, 2.24) is 0 Å². The van der Waals surface area contributed by atoms with Crippen LogP contribution in [0.4, 0.5) is 0 Å². The summed E-state index contributed by atoms with van der Waals surface area (Å²) in [6, 6.07) is 0. The predicted octanol–water partition coefficient (Wildman–Crippen LogP) is 1.92. The molecule has 0 unspecified atom stereocenters. The van der Waals surface area contributed by atoms with Gasteiger partial charge in [-0.1, -0.05) is 0 Å². The quantitative estimate of drug-likeness (QED) is 0.642. The van der Waals surface area contributed by atoms with Crippen molar-refractivity contribution in [3.05, 3.63) is 0 Å². The van der Waals surface area contributed by atoms with Crippen LogP contribution in [-0.2, 0) is 9.53 Å². The SMILES string of the molecule is CC(C)(O)CCOC(C)(C)CCC=O. The molecule has 0 aromatic rings. The molecule has 14 heavy (non-hydrogen) atoms. The van der Waals surface area contributed by atoms with E-state index in [2.05, 4.69) is 0 Å². The van der Waals surface area contributed by atoms with E-state index in [0.717, 1.165) is 12.7 Å². The second kappa shape index (κ2) is 5.47. The number of carbonyl (C=O) groups is 1. The molecule has 0 aromatic carbocycles. The van der Waals surface area contributed by atoms with Gasteiger partial charge in [0.1, 0.15) is 6.29 Å². The van der Waals surface area contributed by atoms with E-state index in [9.17, 15) is 9.90 Å². The van der Waals surface area contributed by atoms with Crippen molar-refractivity contribution >= 4 is 6.29 Å². The zero-order valence-electron chi connectivity index (χ0n) is 9.67. The lowest BCUT2D eigenvalue weighted by Gasteiger charge is -2.26. The lowest BCUT2D eigenvalue weighted by atomic mass is 10.0. The summed E-state index contributed by atoms with van der Waals surface area (Å²) in [7, 11) is 0. The summed E-state index contributed by atoms with van der Waals surface area (Å²) < 4.78 is 5.59. The van der Waals surface area contributed by atoms with Crippen molar-refractivity contribution < 1.29 is 14.6 Å². The van der Waals surface area contributed by atoms with Crippen LogP contribution in [0.15, 0.2) is 0 Å². The molecule has 0 saturated carbocycles. The van der Waals surface area contributed by atoms with Crippen molar-refractivity contribution in [1.29, 1.82) is 0 Å². The van der Waals surface area contributed by atoms with Gasteiger partial charge in [0.15, 0.2) is 0 Å². The molecular formula is C11H22O3. The first-order chi connectivity index (χ1) is 6.27. The molecule has 3 nitrogen and oxygen atoms in total. The fraction of sp³-hybridized carbons (Fsp3) is 0.909. The molecule has 0 saturated heterocycles. The molecule has 0 aliphatic rings. The molecule has 0 aliphatic heterocycles. The van der Waals surface area contributed by atoms with E-state index >= 15 is 0 Å². The molecule has 0 fully saturated rings. The second-order valence-electron chi connectivity index (χ2n) is 4.88. The minimum absolute atomic E-state index is 0.272. The van der Waals surface area contributed by atoms with Crippen LogP contribution in [0.5, 0.6) is 0 Å². The fourth-order valence-electron chi connectivity index (χ4n) is 1.06. The van der Waals surface area contributed by atoms with E-state index < -0.39 is 5.60 Å². The average Bonchev–Trinajstić information content (AvgIpc) is 1.98. The summed E-state index contributed by atoms with van der Waals surface area (Å²) in [5.74, 6) is 0. The van der Waals surface area contributed by atoms with Gasteiger partial charge in [0, 0.05) is 6.42 Å². The van der Waals surface area contributed by atoms with E-state index in [1.54, 1.807) is 13.8 Å². The Balaban J connectivity index is 3.70. The summed E-state index contributed by atoms with van der Waals surface area (Å²) in [4.78, 5) is 10.2. The van der Waals surface area contributed by atoms with Crippen LogP contribution < -0.4 is 0 Å². The maximum absolute atomic E-state index is 10.2. The fourth-order valence-corrected chi connectivity index (χ4v) is 1.06. The number of aliphatic hydroxyl groups is 1. The Morgan fingerprint density at radius 2 is 1.79 bits per heavy atom. The molecule has 0 amide bonds. The molecular weight excluding hydrogens is 180 g/mol. The summed E-state index contributed by atoms with van der Waals surface area (Å²) in [5.41, 5.74) is -0.951. The van der Waals surface area contributed by atoms with Gasteiger partial charge in [-0.15, -0.1) is 0 Å². The second-order valence-corrected chi connectivity index (χ2v) is 4.88. The van der Waals surface area contributed by atoms with Gasteiger partial charge in [-0.3, -0.25) is 0 Å². The molecule has 0 rings (SSSR count). The number of ether oxygens (including phenoxy) is 1. The highest BCUT2D eigenvalue weighted by atomic mass is 16.5. The molecule has 0 aliphatic carbocycles. The lowest BCUT2D eigenvalue weighted by molar-refractivity contribution is -0.110. The van der Waals surface area contributed by atoms with Gasteiger partial charge < -0.3 is 14.6 Å². The van der Waals surface area contributed by atoms with Crippen molar-refractivity contribution in [2.24, 2.45) is 0 Å². The molecule has 0 radical (unpaired) electrons. The Labute approximate surface area is 86.5 Å². The summed E-state index contributed by atoms with van der Waals surface area (Å²) in [6.07, 6.45) is 2.76. The largest absolute Gasteiger partial charge is 0.390 e. The van der Waals surface area contributed by atoms with Crippen LogP contribution in [0.2, 0.25) is 0 Å². The van der Waals surface area contributed by atoms with Crippen LogP contribution in [-0.4, -0.2) is 29.2 Å². The molecule has 0 aromatic heterocycles. The van der Waals surface area contributed by atoms with Gasteiger partial charge in [-0.05, 0) is 40.5 Å². The third-order valence-corrected chi connectivity index (χ3v) is 2.07. The predicted molar refractivity (Wildman–Crippen MR) is 56.2 cm³/mol.